The fourth-order valence-electron chi connectivity index (χ4n) is 1.46. The number of para-hydroxylation sites is 1. The first-order valence-corrected chi connectivity index (χ1v) is 6.62. The molecule has 1 aromatic carbocycles. The summed E-state index contributed by atoms with van der Waals surface area (Å²) in [5.41, 5.74) is 0.207. The number of amides is 2. The SMILES string of the molecule is CCCCOC(=O)NCCNC(=O)c1ccccc1O. The predicted octanol–water partition coefficient (Wildman–Crippen LogP) is 1.65. The van der Waals surface area contributed by atoms with Gasteiger partial charge in [-0.1, -0.05) is 25.5 Å². The van der Waals surface area contributed by atoms with Gasteiger partial charge in [-0.2, -0.15) is 0 Å². The highest BCUT2D eigenvalue weighted by molar-refractivity contribution is 5.96. The number of unbranched alkanes of at least 4 members (excludes halogenated alkanes) is 1. The van der Waals surface area contributed by atoms with Crippen molar-refractivity contribution in [1.29, 1.82) is 0 Å². The maximum absolute atomic E-state index is 11.7. The van der Waals surface area contributed by atoms with Crippen LogP contribution < -0.4 is 10.6 Å². The van der Waals surface area contributed by atoms with E-state index in [9.17, 15) is 14.7 Å². The van der Waals surface area contributed by atoms with Crippen molar-refractivity contribution in [1.82, 2.24) is 10.6 Å². The molecule has 1 rings (SSSR count). The summed E-state index contributed by atoms with van der Waals surface area (Å²) in [6.45, 7) is 2.93. The van der Waals surface area contributed by atoms with E-state index in [1.54, 1.807) is 12.1 Å². The molecule has 0 aliphatic rings. The zero-order valence-electron chi connectivity index (χ0n) is 11.5. The van der Waals surface area contributed by atoms with Crippen molar-refractivity contribution in [2.45, 2.75) is 19.8 Å². The molecule has 0 saturated carbocycles. The van der Waals surface area contributed by atoms with Gasteiger partial charge in [0.25, 0.3) is 5.91 Å². The number of rotatable bonds is 7. The van der Waals surface area contributed by atoms with Crippen LogP contribution in [0, 0.1) is 0 Å². The number of benzene rings is 1. The van der Waals surface area contributed by atoms with E-state index < -0.39 is 6.09 Å². The maximum atomic E-state index is 11.7. The number of nitrogens with one attached hydrogen (secondary N) is 2. The minimum atomic E-state index is -0.491. The Morgan fingerprint density at radius 3 is 2.60 bits per heavy atom. The second kappa shape index (κ2) is 8.79. The molecule has 0 bridgehead atoms. The van der Waals surface area contributed by atoms with Crippen molar-refractivity contribution in [2.75, 3.05) is 19.7 Å². The summed E-state index contributed by atoms with van der Waals surface area (Å²) in [5.74, 6) is -0.457. The van der Waals surface area contributed by atoms with Crippen LogP contribution in [-0.4, -0.2) is 36.8 Å². The number of carbonyl (C=O) groups excluding carboxylic acids is 2. The first kappa shape index (κ1) is 15.8. The van der Waals surface area contributed by atoms with E-state index in [4.69, 9.17) is 4.74 Å². The van der Waals surface area contributed by atoms with E-state index >= 15 is 0 Å². The number of phenolic OH excluding ortho intramolecular Hbond substituents is 1. The second-order valence-electron chi connectivity index (χ2n) is 4.19. The van der Waals surface area contributed by atoms with Crippen LogP contribution in [0.2, 0.25) is 0 Å². The number of carbonyl (C=O) groups is 2. The molecule has 0 fully saturated rings. The third-order valence-corrected chi connectivity index (χ3v) is 2.56. The van der Waals surface area contributed by atoms with Gasteiger partial charge in [-0.3, -0.25) is 4.79 Å². The van der Waals surface area contributed by atoms with E-state index in [0.29, 0.717) is 6.61 Å². The van der Waals surface area contributed by atoms with Crippen LogP contribution >= 0.6 is 0 Å². The Labute approximate surface area is 118 Å². The molecule has 0 saturated heterocycles. The Bertz CT molecular complexity index is 449. The summed E-state index contributed by atoms with van der Waals surface area (Å²) >= 11 is 0. The van der Waals surface area contributed by atoms with Gasteiger partial charge in [0, 0.05) is 13.1 Å². The van der Waals surface area contributed by atoms with Gasteiger partial charge in [-0.15, -0.1) is 0 Å². The van der Waals surface area contributed by atoms with Gasteiger partial charge in [-0.25, -0.2) is 4.79 Å². The molecular weight excluding hydrogens is 260 g/mol. The second-order valence-corrected chi connectivity index (χ2v) is 4.19. The minimum Gasteiger partial charge on any atom is -0.507 e. The molecule has 3 N–H and O–H groups in total. The van der Waals surface area contributed by atoms with Crippen molar-refractivity contribution in [2.24, 2.45) is 0 Å². The zero-order valence-corrected chi connectivity index (χ0v) is 11.5. The molecular formula is C14H20N2O4. The number of ether oxygens (including phenoxy) is 1. The molecule has 0 atom stereocenters. The number of phenols is 1. The van der Waals surface area contributed by atoms with Crippen molar-refractivity contribution in [3.05, 3.63) is 29.8 Å². The molecule has 6 nitrogen and oxygen atoms in total. The lowest BCUT2D eigenvalue weighted by Gasteiger charge is -2.08. The highest BCUT2D eigenvalue weighted by Crippen LogP contribution is 2.14. The van der Waals surface area contributed by atoms with Gasteiger partial charge in [-0.05, 0) is 18.6 Å². The topological polar surface area (TPSA) is 87.7 Å². The van der Waals surface area contributed by atoms with Crippen LogP contribution in [0.3, 0.4) is 0 Å². The Morgan fingerprint density at radius 1 is 1.20 bits per heavy atom. The molecule has 0 unspecified atom stereocenters. The van der Waals surface area contributed by atoms with Gasteiger partial charge in [0.1, 0.15) is 5.75 Å². The molecule has 0 aliphatic carbocycles. The zero-order chi connectivity index (χ0) is 14.8. The maximum Gasteiger partial charge on any atom is 0.407 e. The van der Waals surface area contributed by atoms with Gasteiger partial charge in [0.05, 0.1) is 12.2 Å². The van der Waals surface area contributed by atoms with Gasteiger partial charge < -0.3 is 20.5 Å². The van der Waals surface area contributed by atoms with Crippen LogP contribution in [0.4, 0.5) is 4.79 Å². The van der Waals surface area contributed by atoms with Gasteiger partial charge in [0.15, 0.2) is 0 Å². The van der Waals surface area contributed by atoms with E-state index in [-0.39, 0.29) is 30.3 Å². The Balaban J connectivity index is 2.20. The monoisotopic (exact) mass is 280 g/mol. The lowest BCUT2D eigenvalue weighted by atomic mass is 10.2. The summed E-state index contributed by atoms with van der Waals surface area (Å²) in [6.07, 6.45) is 1.30. The number of aromatic hydroxyl groups is 1. The number of hydrogen-bond donors (Lipinski definition) is 3. The summed E-state index contributed by atoms with van der Waals surface area (Å²) in [6, 6.07) is 6.27. The Morgan fingerprint density at radius 2 is 1.90 bits per heavy atom. The normalized spacial score (nSPS) is 9.85. The fraction of sp³-hybridized carbons (Fsp3) is 0.429. The summed E-state index contributed by atoms with van der Waals surface area (Å²) in [7, 11) is 0. The first-order chi connectivity index (χ1) is 9.65. The lowest BCUT2D eigenvalue weighted by molar-refractivity contribution is 0.0949. The molecule has 0 spiro atoms. The molecule has 0 heterocycles. The fourth-order valence-corrected chi connectivity index (χ4v) is 1.46. The summed E-state index contributed by atoms with van der Waals surface area (Å²) in [4.78, 5) is 22.9. The third kappa shape index (κ3) is 5.60. The largest absolute Gasteiger partial charge is 0.507 e. The first-order valence-electron chi connectivity index (χ1n) is 6.62. The number of alkyl carbamates (subject to hydrolysis) is 1. The van der Waals surface area contributed by atoms with E-state index in [1.165, 1.54) is 12.1 Å². The predicted molar refractivity (Wildman–Crippen MR) is 74.7 cm³/mol. The van der Waals surface area contributed by atoms with Gasteiger partial charge in [0.2, 0.25) is 0 Å². The third-order valence-electron chi connectivity index (χ3n) is 2.56. The molecule has 1 aromatic rings. The molecule has 110 valence electrons. The number of hydrogen-bond acceptors (Lipinski definition) is 4. The molecule has 0 aliphatic heterocycles. The van der Waals surface area contributed by atoms with Crippen LogP contribution in [0.5, 0.6) is 5.75 Å². The van der Waals surface area contributed by atoms with Crippen molar-refractivity contribution >= 4 is 12.0 Å². The van der Waals surface area contributed by atoms with Crippen molar-refractivity contribution < 1.29 is 19.4 Å². The minimum absolute atomic E-state index is 0.0723. The van der Waals surface area contributed by atoms with Crippen LogP contribution in [0.15, 0.2) is 24.3 Å². The quantitative estimate of drug-likeness (QED) is 0.663. The Kier molecular flexibility index (Phi) is 6.95. The molecule has 0 radical (unpaired) electrons. The van der Waals surface area contributed by atoms with Crippen molar-refractivity contribution in [3.8, 4) is 5.75 Å². The smallest absolute Gasteiger partial charge is 0.407 e. The highest BCUT2D eigenvalue weighted by Gasteiger charge is 2.09. The van der Waals surface area contributed by atoms with E-state index in [2.05, 4.69) is 10.6 Å². The molecule has 20 heavy (non-hydrogen) atoms. The lowest BCUT2D eigenvalue weighted by Crippen LogP contribution is -2.35. The molecule has 2 amide bonds. The van der Waals surface area contributed by atoms with E-state index in [0.717, 1.165) is 12.8 Å². The molecule has 0 aromatic heterocycles. The Hall–Kier alpha value is -2.24. The van der Waals surface area contributed by atoms with E-state index in [1.807, 2.05) is 6.92 Å². The molecule has 6 heteroatoms. The average Bonchev–Trinajstić information content (AvgIpc) is 2.44. The van der Waals surface area contributed by atoms with Crippen LogP contribution in [0.25, 0.3) is 0 Å². The summed E-state index contributed by atoms with van der Waals surface area (Å²) < 4.78 is 4.89. The standard InChI is InChI=1S/C14H20N2O4/c1-2-3-10-20-14(19)16-9-8-15-13(18)11-6-4-5-7-12(11)17/h4-7,17H,2-3,8-10H2,1H3,(H,15,18)(H,16,19). The van der Waals surface area contributed by atoms with Crippen LogP contribution in [-0.2, 0) is 4.74 Å². The highest BCUT2D eigenvalue weighted by atomic mass is 16.5. The average molecular weight is 280 g/mol. The van der Waals surface area contributed by atoms with Gasteiger partial charge >= 0.3 is 6.09 Å². The van der Waals surface area contributed by atoms with Crippen molar-refractivity contribution in [3.63, 3.8) is 0 Å². The van der Waals surface area contributed by atoms with Crippen LogP contribution in [0.1, 0.15) is 30.1 Å². The summed E-state index contributed by atoms with van der Waals surface area (Å²) in [5, 5.41) is 14.6.